The summed E-state index contributed by atoms with van der Waals surface area (Å²) in [5, 5.41) is 17.0. The topological polar surface area (TPSA) is 76.7 Å². The first kappa shape index (κ1) is 11.2. The van der Waals surface area contributed by atoms with E-state index < -0.39 is 5.97 Å². The molecule has 18 heavy (non-hydrogen) atoms. The van der Waals surface area contributed by atoms with Crippen LogP contribution in [0.25, 0.3) is 5.65 Å². The van der Waals surface area contributed by atoms with Gasteiger partial charge in [-0.25, -0.2) is 4.79 Å². The Morgan fingerprint density at radius 2 is 2.44 bits per heavy atom. The SMILES string of the molecule is O=C(O)c1ccn2c(CC3CCOC3)nnc2c1. The van der Waals surface area contributed by atoms with Gasteiger partial charge in [0, 0.05) is 25.8 Å². The monoisotopic (exact) mass is 247 g/mol. The lowest BCUT2D eigenvalue weighted by Gasteiger charge is -2.05. The minimum Gasteiger partial charge on any atom is -0.478 e. The Morgan fingerprint density at radius 3 is 3.17 bits per heavy atom. The lowest BCUT2D eigenvalue weighted by atomic mass is 10.1. The number of fused-ring (bicyclic) bond motifs is 1. The van der Waals surface area contributed by atoms with Crippen molar-refractivity contribution in [2.24, 2.45) is 5.92 Å². The van der Waals surface area contributed by atoms with Crippen LogP contribution in [0.3, 0.4) is 0 Å². The molecule has 6 nitrogen and oxygen atoms in total. The lowest BCUT2D eigenvalue weighted by Crippen LogP contribution is -2.07. The third kappa shape index (κ3) is 1.95. The number of rotatable bonds is 3. The van der Waals surface area contributed by atoms with Crippen molar-refractivity contribution in [3.05, 3.63) is 29.7 Å². The molecule has 1 N–H and O–H groups in total. The van der Waals surface area contributed by atoms with E-state index in [2.05, 4.69) is 10.2 Å². The summed E-state index contributed by atoms with van der Waals surface area (Å²) >= 11 is 0. The molecule has 1 saturated heterocycles. The molecule has 0 radical (unpaired) electrons. The van der Waals surface area contributed by atoms with Gasteiger partial charge in [-0.05, 0) is 24.5 Å². The number of hydrogen-bond acceptors (Lipinski definition) is 4. The average Bonchev–Trinajstić information content (AvgIpc) is 2.99. The van der Waals surface area contributed by atoms with Crippen molar-refractivity contribution in [2.45, 2.75) is 12.8 Å². The fourth-order valence-corrected chi connectivity index (χ4v) is 2.22. The highest BCUT2D eigenvalue weighted by molar-refractivity contribution is 5.88. The van der Waals surface area contributed by atoms with Gasteiger partial charge in [-0.3, -0.25) is 4.40 Å². The number of aromatic nitrogens is 3. The highest BCUT2D eigenvalue weighted by Gasteiger charge is 2.19. The summed E-state index contributed by atoms with van der Waals surface area (Å²) in [6.07, 6.45) is 3.57. The maximum atomic E-state index is 10.9. The number of pyridine rings is 1. The van der Waals surface area contributed by atoms with Crippen molar-refractivity contribution in [2.75, 3.05) is 13.2 Å². The van der Waals surface area contributed by atoms with Crippen LogP contribution >= 0.6 is 0 Å². The summed E-state index contributed by atoms with van der Waals surface area (Å²) in [6.45, 7) is 1.58. The van der Waals surface area contributed by atoms with Crippen molar-refractivity contribution in [1.82, 2.24) is 14.6 Å². The van der Waals surface area contributed by atoms with E-state index in [1.165, 1.54) is 6.07 Å². The van der Waals surface area contributed by atoms with Gasteiger partial charge in [0.2, 0.25) is 0 Å². The quantitative estimate of drug-likeness (QED) is 0.875. The molecule has 6 heteroatoms. The molecular weight excluding hydrogens is 234 g/mol. The van der Waals surface area contributed by atoms with Crippen LogP contribution in [0.15, 0.2) is 18.3 Å². The van der Waals surface area contributed by atoms with E-state index in [1.807, 2.05) is 4.40 Å². The van der Waals surface area contributed by atoms with E-state index in [0.717, 1.165) is 31.9 Å². The Labute approximate surface area is 103 Å². The molecule has 0 saturated carbocycles. The Kier molecular flexibility index (Phi) is 2.71. The number of aromatic carboxylic acids is 1. The number of carboxylic acids is 1. The first-order valence-corrected chi connectivity index (χ1v) is 5.89. The molecule has 3 heterocycles. The molecule has 2 aromatic rings. The summed E-state index contributed by atoms with van der Waals surface area (Å²) in [7, 11) is 0. The van der Waals surface area contributed by atoms with Gasteiger partial charge in [-0.15, -0.1) is 10.2 Å². The predicted octanol–water partition coefficient (Wildman–Crippen LogP) is 1.01. The van der Waals surface area contributed by atoms with Gasteiger partial charge in [-0.2, -0.15) is 0 Å². The normalized spacial score (nSPS) is 19.4. The predicted molar refractivity (Wildman–Crippen MR) is 62.6 cm³/mol. The molecule has 1 unspecified atom stereocenters. The molecule has 3 rings (SSSR count). The number of hydrogen-bond donors (Lipinski definition) is 1. The van der Waals surface area contributed by atoms with Crippen molar-refractivity contribution in [3.8, 4) is 0 Å². The molecule has 0 amide bonds. The first-order chi connectivity index (χ1) is 8.74. The van der Waals surface area contributed by atoms with Crippen molar-refractivity contribution in [1.29, 1.82) is 0 Å². The van der Waals surface area contributed by atoms with Gasteiger partial charge in [0.25, 0.3) is 0 Å². The van der Waals surface area contributed by atoms with Crippen LogP contribution in [0.5, 0.6) is 0 Å². The maximum absolute atomic E-state index is 10.9. The van der Waals surface area contributed by atoms with Gasteiger partial charge < -0.3 is 9.84 Å². The standard InChI is InChI=1S/C12H13N3O3/c16-12(17)9-1-3-15-10(13-14-11(15)6-9)5-8-2-4-18-7-8/h1,3,6,8H,2,4-5,7H2,(H,16,17). The minimum absolute atomic E-state index is 0.227. The van der Waals surface area contributed by atoms with Crippen LogP contribution in [-0.4, -0.2) is 38.9 Å². The van der Waals surface area contributed by atoms with E-state index in [1.54, 1.807) is 12.3 Å². The second-order valence-electron chi connectivity index (χ2n) is 4.50. The number of nitrogens with zero attached hydrogens (tertiary/aromatic N) is 3. The number of carbonyl (C=O) groups is 1. The molecule has 1 aliphatic rings. The Bertz CT molecular complexity index is 587. The zero-order valence-corrected chi connectivity index (χ0v) is 9.74. The Morgan fingerprint density at radius 1 is 1.56 bits per heavy atom. The minimum atomic E-state index is -0.953. The molecule has 1 atom stereocenters. The highest BCUT2D eigenvalue weighted by Crippen LogP contribution is 2.18. The van der Waals surface area contributed by atoms with Crippen LogP contribution in [0.4, 0.5) is 0 Å². The van der Waals surface area contributed by atoms with Crippen molar-refractivity contribution >= 4 is 11.6 Å². The van der Waals surface area contributed by atoms with Gasteiger partial charge >= 0.3 is 5.97 Å². The second kappa shape index (κ2) is 4.38. The Hall–Kier alpha value is -1.95. The van der Waals surface area contributed by atoms with E-state index in [-0.39, 0.29) is 5.56 Å². The summed E-state index contributed by atoms with van der Waals surface area (Å²) in [6, 6.07) is 3.09. The van der Waals surface area contributed by atoms with Crippen LogP contribution in [0.2, 0.25) is 0 Å². The zero-order chi connectivity index (χ0) is 12.5. The fourth-order valence-electron chi connectivity index (χ4n) is 2.22. The van der Waals surface area contributed by atoms with E-state index >= 15 is 0 Å². The van der Waals surface area contributed by atoms with Crippen LogP contribution in [0.1, 0.15) is 22.6 Å². The summed E-state index contributed by atoms with van der Waals surface area (Å²) in [5.74, 6) is 0.389. The highest BCUT2D eigenvalue weighted by atomic mass is 16.5. The Balaban J connectivity index is 1.91. The number of ether oxygens (including phenoxy) is 1. The largest absolute Gasteiger partial charge is 0.478 e. The maximum Gasteiger partial charge on any atom is 0.335 e. The van der Waals surface area contributed by atoms with Crippen LogP contribution in [-0.2, 0) is 11.2 Å². The van der Waals surface area contributed by atoms with Crippen molar-refractivity contribution in [3.63, 3.8) is 0 Å². The smallest absolute Gasteiger partial charge is 0.335 e. The van der Waals surface area contributed by atoms with Crippen LogP contribution < -0.4 is 0 Å². The third-order valence-electron chi connectivity index (χ3n) is 3.22. The second-order valence-corrected chi connectivity index (χ2v) is 4.50. The molecule has 94 valence electrons. The molecule has 0 aliphatic carbocycles. The van der Waals surface area contributed by atoms with E-state index in [0.29, 0.717) is 11.6 Å². The van der Waals surface area contributed by atoms with Gasteiger partial charge in [0.05, 0.1) is 5.56 Å². The summed E-state index contributed by atoms with van der Waals surface area (Å²) < 4.78 is 7.17. The lowest BCUT2D eigenvalue weighted by molar-refractivity contribution is 0.0697. The van der Waals surface area contributed by atoms with E-state index in [9.17, 15) is 4.79 Å². The molecule has 0 bridgehead atoms. The average molecular weight is 247 g/mol. The van der Waals surface area contributed by atoms with Gasteiger partial charge in [0.15, 0.2) is 5.65 Å². The first-order valence-electron chi connectivity index (χ1n) is 5.89. The molecule has 2 aromatic heterocycles. The zero-order valence-electron chi connectivity index (χ0n) is 9.74. The molecular formula is C12H13N3O3. The fraction of sp³-hybridized carbons (Fsp3) is 0.417. The number of carboxylic acid groups (broad SMARTS) is 1. The molecule has 0 aromatic carbocycles. The molecule has 0 spiro atoms. The van der Waals surface area contributed by atoms with Crippen molar-refractivity contribution < 1.29 is 14.6 Å². The third-order valence-corrected chi connectivity index (χ3v) is 3.22. The van der Waals surface area contributed by atoms with E-state index in [4.69, 9.17) is 9.84 Å². The summed E-state index contributed by atoms with van der Waals surface area (Å²) in [5.41, 5.74) is 0.800. The molecule has 1 fully saturated rings. The molecule has 1 aliphatic heterocycles. The van der Waals surface area contributed by atoms with Crippen LogP contribution in [0, 0.1) is 5.92 Å². The summed E-state index contributed by atoms with van der Waals surface area (Å²) in [4.78, 5) is 10.9. The van der Waals surface area contributed by atoms with Gasteiger partial charge in [-0.1, -0.05) is 0 Å². The van der Waals surface area contributed by atoms with Gasteiger partial charge in [0.1, 0.15) is 5.82 Å².